The van der Waals surface area contributed by atoms with Crippen molar-refractivity contribution in [2.45, 2.75) is 26.3 Å². The highest BCUT2D eigenvalue weighted by atomic mass is 79.9. The number of benzene rings is 2. The molecule has 9 heteroatoms. The zero-order chi connectivity index (χ0) is 21.7. The van der Waals surface area contributed by atoms with E-state index in [1.165, 1.54) is 17.7 Å². The molecule has 30 heavy (non-hydrogen) atoms. The lowest BCUT2D eigenvalue weighted by atomic mass is 10.0. The first-order chi connectivity index (χ1) is 14.3. The van der Waals surface area contributed by atoms with Crippen molar-refractivity contribution < 1.29 is 9.72 Å². The van der Waals surface area contributed by atoms with Gasteiger partial charge in [0.15, 0.2) is 5.69 Å². The molecule has 3 rings (SSSR count). The predicted molar refractivity (Wildman–Crippen MR) is 118 cm³/mol. The molecular formula is C21H20BrN5O3. The van der Waals surface area contributed by atoms with Crippen molar-refractivity contribution in [2.24, 2.45) is 5.10 Å². The van der Waals surface area contributed by atoms with Crippen LogP contribution in [0.15, 0.2) is 64.3 Å². The van der Waals surface area contributed by atoms with Gasteiger partial charge in [0.05, 0.1) is 22.2 Å². The molecule has 154 valence electrons. The van der Waals surface area contributed by atoms with Crippen LogP contribution in [0.1, 0.15) is 46.9 Å². The molecule has 0 unspecified atom stereocenters. The molecule has 0 radical (unpaired) electrons. The van der Waals surface area contributed by atoms with Gasteiger partial charge in [-0.3, -0.25) is 19.6 Å². The molecule has 0 aliphatic carbocycles. The van der Waals surface area contributed by atoms with E-state index in [2.05, 4.69) is 45.4 Å². The maximum absolute atomic E-state index is 12.4. The molecule has 1 heterocycles. The van der Waals surface area contributed by atoms with Gasteiger partial charge in [-0.05, 0) is 38.5 Å². The summed E-state index contributed by atoms with van der Waals surface area (Å²) in [5.74, 6) is 0.00790. The lowest BCUT2D eigenvalue weighted by Gasteiger charge is -2.04. The number of hydrogen-bond donors (Lipinski definition) is 1. The van der Waals surface area contributed by atoms with Gasteiger partial charge in [-0.2, -0.15) is 10.2 Å². The van der Waals surface area contributed by atoms with Crippen LogP contribution in [-0.4, -0.2) is 26.8 Å². The van der Waals surface area contributed by atoms with Gasteiger partial charge in [0.2, 0.25) is 0 Å². The summed E-state index contributed by atoms with van der Waals surface area (Å²) in [6.45, 7) is 4.62. The number of halogens is 1. The van der Waals surface area contributed by atoms with Gasteiger partial charge in [-0.15, -0.1) is 0 Å². The van der Waals surface area contributed by atoms with Crippen LogP contribution in [0.2, 0.25) is 0 Å². The van der Waals surface area contributed by atoms with E-state index >= 15 is 0 Å². The quantitative estimate of drug-likeness (QED) is 0.312. The van der Waals surface area contributed by atoms with E-state index in [0.717, 1.165) is 11.1 Å². The summed E-state index contributed by atoms with van der Waals surface area (Å²) >= 11 is 3.33. The number of nitro benzene ring substituents is 1. The van der Waals surface area contributed by atoms with E-state index in [-0.39, 0.29) is 11.4 Å². The van der Waals surface area contributed by atoms with E-state index in [9.17, 15) is 14.9 Å². The van der Waals surface area contributed by atoms with Crippen LogP contribution in [0.3, 0.4) is 0 Å². The lowest BCUT2D eigenvalue weighted by molar-refractivity contribution is -0.384. The Bertz CT molecular complexity index is 1070. The minimum Gasteiger partial charge on any atom is -0.266 e. The van der Waals surface area contributed by atoms with Gasteiger partial charge in [-0.25, -0.2) is 5.43 Å². The standard InChI is InChI=1S/C21H20BrN5O3/c1-14(2)17-7-3-15(4-8-17)11-23-24-21(28)20-19(22)13-26(25-20)12-16-5-9-18(10-6-16)27(29)30/h3-11,13-14H,12H2,1-2H3,(H,24,28)/b23-11-. The van der Waals surface area contributed by atoms with Crippen LogP contribution in [-0.2, 0) is 6.54 Å². The van der Waals surface area contributed by atoms with Crippen molar-refractivity contribution in [1.29, 1.82) is 0 Å². The Morgan fingerprint density at radius 1 is 1.23 bits per heavy atom. The third-order valence-corrected chi connectivity index (χ3v) is 4.99. The van der Waals surface area contributed by atoms with Crippen LogP contribution < -0.4 is 5.43 Å². The van der Waals surface area contributed by atoms with E-state index in [4.69, 9.17) is 0 Å². The molecule has 0 aliphatic heterocycles. The van der Waals surface area contributed by atoms with Gasteiger partial charge < -0.3 is 0 Å². The average Bonchev–Trinajstić information content (AvgIpc) is 3.08. The number of non-ortho nitro benzene ring substituents is 1. The van der Waals surface area contributed by atoms with E-state index in [1.54, 1.807) is 29.2 Å². The molecule has 3 aromatic rings. The SMILES string of the molecule is CC(C)c1ccc(/C=N\NC(=O)c2nn(Cc3ccc([N+](=O)[O-])cc3)cc2Br)cc1. The summed E-state index contributed by atoms with van der Waals surface area (Å²) < 4.78 is 2.10. The number of carbonyl (C=O) groups excluding carboxylic acids is 1. The Hall–Kier alpha value is -3.33. The van der Waals surface area contributed by atoms with Gasteiger partial charge in [-0.1, -0.05) is 50.2 Å². The van der Waals surface area contributed by atoms with E-state index in [1.807, 2.05) is 24.3 Å². The fourth-order valence-corrected chi connectivity index (χ4v) is 3.22. The number of aromatic nitrogens is 2. The third-order valence-electron chi connectivity index (χ3n) is 4.41. The Morgan fingerprint density at radius 2 is 1.90 bits per heavy atom. The third kappa shape index (κ3) is 5.38. The fraction of sp³-hybridized carbons (Fsp3) is 0.190. The lowest BCUT2D eigenvalue weighted by Crippen LogP contribution is -2.19. The van der Waals surface area contributed by atoms with Gasteiger partial charge in [0.1, 0.15) is 0 Å². The average molecular weight is 470 g/mol. The number of nitrogens with zero attached hydrogens (tertiary/aromatic N) is 4. The van der Waals surface area contributed by atoms with Crippen LogP contribution in [0, 0.1) is 10.1 Å². The summed E-state index contributed by atoms with van der Waals surface area (Å²) in [4.78, 5) is 22.7. The van der Waals surface area contributed by atoms with Crippen molar-refractivity contribution in [1.82, 2.24) is 15.2 Å². The topological polar surface area (TPSA) is 102 Å². The molecule has 1 amide bonds. The first-order valence-electron chi connectivity index (χ1n) is 9.23. The van der Waals surface area contributed by atoms with Gasteiger partial charge >= 0.3 is 0 Å². The summed E-state index contributed by atoms with van der Waals surface area (Å²) in [5, 5.41) is 19.0. The maximum atomic E-state index is 12.4. The highest BCUT2D eigenvalue weighted by molar-refractivity contribution is 9.10. The zero-order valence-corrected chi connectivity index (χ0v) is 18.0. The number of hydrazone groups is 1. The van der Waals surface area contributed by atoms with Crippen LogP contribution in [0.25, 0.3) is 0 Å². The first kappa shape index (κ1) is 21.4. The smallest absolute Gasteiger partial charge is 0.266 e. The monoisotopic (exact) mass is 469 g/mol. The first-order valence-corrected chi connectivity index (χ1v) is 10.0. The molecule has 0 spiro atoms. The summed E-state index contributed by atoms with van der Waals surface area (Å²) in [5.41, 5.74) is 5.63. The van der Waals surface area contributed by atoms with Crippen LogP contribution in [0.5, 0.6) is 0 Å². The molecule has 0 aliphatic rings. The van der Waals surface area contributed by atoms with Crippen molar-refractivity contribution in [3.8, 4) is 0 Å². The minimum atomic E-state index is -0.448. The molecule has 1 N–H and O–H groups in total. The second-order valence-corrected chi connectivity index (χ2v) is 7.82. The summed E-state index contributed by atoms with van der Waals surface area (Å²) in [7, 11) is 0. The molecule has 1 aromatic heterocycles. The number of nitrogens with one attached hydrogen (secondary N) is 1. The van der Waals surface area contributed by atoms with Crippen molar-refractivity contribution in [3.63, 3.8) is 0 Å². The van der Waals surface area contributed by atoms with Gasteiger partial charge in [0.25, 0.3) is 11.6 Å². The number of nitro groups is 1. The van der Waals surface area contributed by atoms with Crippen molar-refractivity contribution in [3.05, 3.63) is 91.7 Å². The van der Waals surface area contributed by atoms with Crippen molar-refractivity contribution >= 4 is 33.7 Å². The molecule has 0 fully saturated rings. The van der Waals surface area contributed by atoms with E-state index in [0.29, 0.717) is 16.9 Å². The Kier molecular flexibility index (Phi) is 6.73. The number of hydrogen-bond acceptors (Lipinski definition) is 5. The molecule has 8 nitrogen and oxygen atoms in total. The van der Waals surface area contributed by atoms with Crippen LogP contribution in [0.4, 0.5) is 5.69 Å². The number of rotatable bonds is 7. The molecule has 2 aromatic carbocycles. The van der Waals surface area contributed by atoms with Gasteiger partial charge in [0, 0.05) is 18.3 Å². The normalized spacial score (nSPS) is 11.2. The van der Waals surface area contributed by atoms with E-state index < -0.39 is 10.8 Å². The zero-order valence-electron chi connectivity index (χ0n) is 16.4. The van der Waals surface area contributed by atoms with Crippen LogP contribution >= 0.6 is 15.9 Å². The molecule has 0 saturated carbocycles. The molecule has 0 saturated heterocycles. The Balaban J connectivity index is 1.62. The molecular weight excluding hydrogens is 450 g/mol. The Morgan fingerprint density at radius 3 is 2.50 bits per heavy atom. The highest BCUT2D eigenvalue weighted by Crippen LogP contribution is 2.18. The second-order valence-electron chi connectivity index (χ2n) is 6.97. The summed E-state index contributed by atoms with van der Waals surface area (Å²) in [6.07, 6.45) is 3.24. The Labute approximate surface area is 181 Å². The van der Waals surface area contributed by atoms with Crippen molar-refractivity contribution in [2.75, 3.05) is 0 Å². The largest absolute Gasteiger partial charge is 0.293 e. The fourth-order valence-electron chi connectivity index (χ4n) is 2.73. The number of amides is 1. The second kappa shape index (κ2) is 9.45. The number of carbonyl (C=O) groups is 1. The maximum Gasteiger partial charge on any atom is 0.293 e. The molecule has 0 atom stereocenters. The molecule has 0 bridgehead atoms. The highest BCUT2D eigenvalue weighted by Gasteiger charge is 2.15. The minimum absolute atomic E-state index is 0.0252. The predicted octanol–water partition coefficient (Wildman–Crippen LogP) is 4.49. The summed E-state index contributed by atoms with van der Waals surface area (Å²) in [6, 6.07) is 14.1.